The van der Waals surface area contributed by atoms with Crippen LogP contribution >= 0.6 is 0 Å². The minimum absolute atomic E-state index is 0.233. The molecule has 0 unspecified atom stereocenters. The highest BCUT2D eigenvalue weighted by Crippen LogP contribution is 2.33. The summed E-state index contributed by atoms with van der Waals surface area (Å²) < 4.78 is 11.7. The lowest BCUT2D eigenvalue weighted by Gasteiger charge is -2.23. The molecule has 30 heavy (non-hydrogen) atoms. The summed E-state index contributed by atoms with van der Waals surface area (Å²) in [5.41, 5.74) is 2.03. The van der Waals surface area contributed by atoms with Crippen molar-refractivity contribution in [1.29, 1.82) is 0 Å². The average molecular weight is 409 g/mol. The molecule has 0 spiro atoms. The standard InChI is InChI=1S/C26H32O4/c1-17-9-13-19(14-10-17)21(29-23(27)25(3,4)5)22(30-24(28)26(6,7)8)20-15-11-18(2)12-16-20/h9-16H,1-8H3. The predicted molar refractivity (Wildman–Crippen MR) is 120 cm³/mol. The van der Waals surface area contributed by atoms with Gasteiger partial charge in [0, 0.05) is 11.1 Å². The number of carbonyl (C=O) groups is 2. The van der Waals surface area contributed by atoms with Crippen LogP contribution in [0.2, 0.25) is 0 Å². The van der Waals surface area contributed by atoms with Crippen molar-refractivity contribution in [3.63, 3.8) is 0 Å². The Morgan fingerprint density at radius 1 is 0.567 bits per heavy atom. The molecule has 2 rings (SSSR count). The van der Waals surface area contributed by atoms with Crippen molar-refractivity contribution in [2.24, 2.45) is 10.8 Å². The molecule has 0 amide bonds. The molecule has 4 heteroatoms. The van der Waals surface area contributed by atoms with Crippen molar-refractivity contribution in [1.82, 2.24) is 0 Å². The maximum absolute atomic E-state index is 12.8. The minimum Gasteiger partial charge on any atom is -0.421 e. The van der Waals surface area contributed by atoms with Gasteiger partial charge in [-0.05, 0) is 55.4 Å². The second-order valence-electron chi connectivity index (χ2n) is 9.67. The highest BCUT2D eigenvalue weighted by molar-refractivity contribution is 5.94. The Bertz CT molecular complexity index is 855. The normalized spacial score (nSPS) is 12.8. The lowest BCUT2D eigenvalue weighted by Crippen LogP contribution is -2.25. The summed E-state index contributed by atoms with van der Waals surface area (Å²) in [7, 11) is 0. The molecular weight excluding hydrogens is 376 g/mol. The second-order valence-corrected chi connectivity index (χ2v) is 9.67. The van der Waals surface area contributed by atoms with Gasteiger partial charge in [-0.3, -0.25) is 9.59 Å². The molecule has 160 valence electrons. The minimum atomic E-state index is -0.720. The van der Waals surface area contributed by atoms with Crippen molar-refractivity contribution in [3.8, 4) is 0 Å². The fourth-order valence-corrected chi connectivity index (χ4v) is 2.37. The molecule has 0 aliphatic heterocycles. The SMILES string of the molecule is Cc1ccc(C(OC(=O)C(C)(C)C)=C(OC(=O)C(C)(C)C)c2ccc(C)cc2)cc1. The van der Waals surface area contributed by atoms with Gasteiger partial charge in [-0.1, -0.05) is 59.7 Å². The maximum Gasteiger partial charge on any atom is 0.316 e. The van der Waals surface area contributed by atoms with Gasteiger partial charge in [0.2, 0.25) is 0 Å². The van der Waals surface area contributed by atoms with Gasteiger partial charge in [-0.25, -0.2) is 0 Å². The molecule has 0 heterocycles. The molecule has 0 saturated heterocycles. The molecule has 0 aromatic heterocycles. The van der Waals surface area contributed by atoms with Crippen molar-refractivity contribution < 1.29 is 19.1 Å². The third kappa shape index (κ3) is 6.06. The Labute approximate surface area is 179 Å². The van der Waals surface area contributed by atoms with Gasteiger partial charge in [0.15, 0.2) is 11.5 Å². The van der Waals surface area contributed by atoms with Crippen LogP contribution in [-0.2, 0) is 19.1 Å². The molecule has 4 nitrogen and oxygen atoms in total. The van der Waals surface area contributed by atoms with Gasteiger partial charge < -0.3 is 9.47 Å². The van der Waals surface area contributed by atoms with E-state index >= 15 is 0 Å². The molecular formula is C26H32O4. The van der Waals surface area contributed by atoms with Crippen LogP contribution < -0.4 is 0 Å². The van der Waals surface area contributed by atoms with Crippen LogP contribution in [0, 0.1) is 24.7 Å². The van der Waals surface area contributed by atoms with Crippen LogP contribution in [-0.4, -0.2) is 11.9 Å². The predicted octanol–water partition coefficient (Wildman–Crippen LogP) is 6.31. The van der Waals surface area contributed by atoms with Crippen molar-refractivity contribution in [3.05, 3.63) is 70.8 Å². The lowest BCUT2D eigenvalue weighted by molar-refractivity contribution is -0.147. The zero-order valence-electron chi connectivity index (χ0n) is 19.3. The van der Waals surface area contributed by atoms with Crippen LogP contribution in [0.15, 0.2) is 48.5 Å². The molecule has 0 saturated carbocycles. The van der Waals surface area contributed by atoms with E-state index in [0.29, 0.717) is 11.1 Å². The average Bonchev–Trinajstić information content (AvgIpc) is 2.64. The summed E-state index contributed by atoms with van der Waals surface area (Å²) in [4.78, 5) is 25.6. The van der Waals surface area contributed by atoms with E-state index in [0.717, 1.165) is 11.1 Å². The molecule has 0 atom stereocenters. The number of hydrogen-bond donors (Lipinski definition) is 0. The van der Waals surface area contributed by atoms with E-state index in [4.69, 9.17) is 9.47 Å². The topological polar surface area (TPSA) is 52.6 Å². The van der Waals surface area contributed by atoms with E-state index < -0.39 is 22.8 Å². The van der Waals surface area contributed by atoms with E-state index in [1.165, 1.54) is 0 Å². The number of aryl methyl sites for hydroxylation is 2. The highest BCUT2D eigenvalue weighted by atomic mass is 16.6. The van der Waals surface area contributed by atoms with Gasteiger partial charge >= 0.3 is 11.9 Å². The summed E-state index contributed by atoms with van der Waals surface area (Å²) in [6.07, 6.45) is 0. The third-order valence-electron chi connectivity index (χ3n) is 4.45. The Balaban J connectivity index is 2.74. The first-order chi connectivity index (χ1) is 13.8. The Kier molecular flexibility index (Phi) is 6.91. The Morgan fingerprint density at radius 2 is 0.833 bits per heavy atom. The molecule has 0 aliphatic rings. The zero-order chi connectivity index (χ0) is 22.7. The fraction of sp³-hybridized carbons (Fsp3) is 0.385. The summed E-state index contributed by atoms with van der Waals surface area (Å²) >= 11 is 0. The van der Waals surface area contributed by atoms with E-state index in [1.54, 1.807) is 41.5 Å². The van der Waals surface area contributed by atoms with Crippen LogP contribution in [0.1, 0.15) is 63.8 Å². The van der Waals surface area contributed by atoms with E-state index in [2.05, 4.69) is 0 Å². The monoisotopic (exact) mass is 408 g/mol. The molecule has 0 fully saturated rings. The van der Waals surface area contributed by atoms with Crippen LogP contribution in [0.3, 0.4) is 0 Å². The number of benzene rings is 2. The highest BCUT2D eigenvalue weighted by Gasteiger charge is 2.30. The molecule has 0 aliphatic carbocycles. The van der Waals surface area contributed by atoms with Crippen LogP contribution in [0.5, 0.6) is 0 Å². The van der Waals surface area contributed by atoms with Crippen LogP contribution in [0.25, 0.3) is 11.5 Å². The number of carbonyl (C=O) groups excluding carboxylic acids is 2. The van der Waals surface area contributed by atoms with E-state index in [-0.39, 0.29) is 11.5 Å². The van der Waals surface area contributed by atoms with Gasteiger partial charge in [0.05, 0.1) is 10.8 Å². The van der Waals surface area contributed by atoms with Crippen molar-refractivity contribution in [2.45, 2.75) is 55.4 Å². The Morgan fingerprint density at radius 3 is 1.07 bits per heavy atom. The quantitative estimate of drug-likeness (QED) is 0.338. The number of hydrogen-bond acceptors (Lipinski definition) is 4. The summed E-state index contributed by atoms with van der Waals surface area (Å²) in [6.45, 7) is 14.7. The fourth-order valence-electron chi connectivity index (χ4n) is 2.37. The molecule has 0 radical (unpaired) electrons. The van der Waals surface area contributed by atoms with Gasteiger partial charge in [-0.15, -0.1) is 0 Å². The van der Waals surface area contributed by atoms with E-state index in [9.17, 15) is 9.59 Å². The molecule has 0 N–H and O–H groups in total. The number of rotatable bonds is 4. The number of esters is 2. The van der Waals surface area contributed by atoms with E-state index in [1.807, 2.05) is 62.4 Å². The molecule has 2 aromatic rings. The second kappa shape index (κ2) is 8.86. The summed E-state index contributed by atoms with van der Waals surface area (Å²) in [5.74, 6) is -0.350. The van der Waals surface area contributed by atoms with Crippen LogP contribution in [0.4, 0.5) is 0 Å². The van der Waals surface area contributed by atoms with Gasteiger partial charge in [0.1, 0.15) is 0 Å². The largest absolute Gasteiger partial charge is 0.421 e. The van der Waals surface area contributed by atoms with Gasteiger partial charge in [0.25, 0.3) is 0 Å². The Hall–Kier alpha value is -2.88. The summed E-state index contributed by atoms with van der Waals surface area (Å²) in [5, 5.41) is 0. The summed E-state index contributed by atoms with van der Waals surface area (Å²) in [6, 6.07) is 15.2. The van der Waals surface area contributed by atoms with Crippen molar-refractivity contribution >= 4 is 23.5 Å². The smallest absolute Gasteiger partial charge is 0.316 e. The third-order valence-corrected chi connectivity index (χ3v) is 4.45. The first-order valence-electron chi connectivity index (χ1n) is 10.1. The lowest BCUT2D eigenvalue weighted by atomic mass is 9.96. The first kappa shape index (κ1) is 23.4. The molecule has 2 aromatic carbocycles. The zero-order valence-corrected chi connectivity index (χ0v) is 19.3. The maximum atomic E-state index is 12.8. The molecule has 0 bridgehead atoms. The number of ether oxygens (including phenoxy) is 2. The van der Waals surface area contributed by atoms with Gasteiger partial charge in [-0.2, -0.15) is 0 Å². The first-order valence-corrected chi connectivity index (χ1v) is 10.1. The van der Waals surface area contributed by atoms with Crippen molar-refractivity contribution in [2.75, 3.05) is 0 Å².